The van der Waals surface area contributed by atoms with Gasteiger partial charge in [-0.2, -0.15) is 25.3 Å². The number of imidazole rings is 1. The molecule has 0 bridgehead atoms. The van der Waals surface area contributed by atoms with Crippen molar-refractivity contribution in [2.24, 2.45) is 38.7 Å². The van der Waals surface area contributed by atoms with Crippen LogP contribution in [0.5, 0.6) is 0 Å². The third-order valence-corrected chi connectivity index (χ3v) is 13.1. The smallest absolute Gasteiger partial charge is 0.303 e. The number of carboxylic acid groups (broad SMARTS) is 1. The maximum absolute atomic E-state index is 14.7. The number of guanidine groups is 2. The predicted octanol–water partition coefficient (Wildman–Crippen LogP) is -3.87. The Balaban J connectivity index is 1.65. The molecule has 8 atom stereocenters. The van der Waals surface area contributed by atoms with Gasteiger partial charge in [0, 0.05) is 86.2 Å². The van der Waals surface area contributed by atoms with Crippen LogP contribution in [0, 0.1) is 0 Å². The van der Waals surface area contributed by atoms with Crippen LogP contribution in [0.3, 0.4) is 0 Å². The average molecular weight is 1180 g/mol. The second-order valence-electron chi connectivity index (χ2n) is 18.8. The van der Waals surface area contributed by atoms with E-state index in [2.05, 4.69) is 92.7 Å². The molecule has 29 nitrogen and oxygen atoms in total. The summed E-state index contributed by atoms with van der Waals surface area (Å²) in [7, 11) is 0. The van der Waals surface area contributed by atoms with Gasteiger partial charge in [-0.3, -0.25) is 57.9 Å². The number of carboxylic acids is 1. The molecule has 0 aliphatic rings. The molecule has 0 spiro atoms. The summed E-state index contributed by atoms with van der Waals surface area (Å²) in [5, 5.41) is 31.0. The Kier molecular flexibility index (Phi) is 26.9. The highest BCUT2D eigenvalue weighted by molar-refractivity contribution is 7.80. The largest absolute Gasteiger partial charge is 0.481 e. The Labute approximate surface area is 482 Å². The number of benzene rings is 2. The molecule has 0 unspecified atom stereocenters. The number of fused-ring (bicyclic) bond motifs is 1. The number of primary amides is 1. The highest BCUT2D eigenvalue weighted by Gasteiger charge is 2.35. The van der Waals surface area contributed by atoms with Gasteiger partial charge in [0.15, 0.2) is 11.9 Å². The van der Waals surface area contributed by atoms with Crippen molar-refractivity contribution in [3.05, 3.63) is 90.1 Å². The summed E-state index contributed by atoms with van der Waals surface area (Å²) in [6.45, 7) is 1.33. The molecule has 0 fully saturated rings. The third-order valence-electron chi connectivity index (χ3n) is 12.4. The molecule has 4 aromatic rings. The van der Waals surface area contributed by atoms with E-state index < -0.39 is 120 Å². The number of nitrogens with zero attached hydrogens (tertiary/aromatic N) is 3. The normalized spacial score (nSPS) is 13.8. The number of aliphatic imine (C=N–C) groups is 2. The second kappa shape index (κ2) is 33.7. The highest BCUT2D eigenvalue weighted by Crippen LogP contribution is 2.20. The molecule has 0 aliphatic carbocycles. The Morgan fingerprint density at radius 2 is 1.00 bits per heavy atom. The van der Waals surface area contributed by atoms with E-state index in [9.17, 15) is 53.1 Å². The number of hydrogen-bond donors (Lipinski definition) is 18. The van der Waals surface area contributed by atoms with Crippen LogP contribution >= 0.6 is 25.3 Å². The van der Waals surface area contributed by atoms with E-state index in [1.165, 1.54) is 19.4 Å². The van der Waals surface area contributed by atoms with Crippen LogP contribution in [0.2, 0.25) is 0 Å². The predicted molar refractivity (Wildman–Crippen MR) is 309 cm³/mol. The number of aromatic nitrogens is 3. The number of hydrogen-bond acceptors (Lipinski definition) is 15. The molecule has 0 aliphatic heterocycles. The average Bonchev–Trinajstić information content (AvgIpc) is 4.31. The minimum absolute atomic E-state index is 0.0162. The fourth-order valence-corrected chi connectivity index (χ4v) is 8.78. The monoisotopic (exact) mass is 1180 g/mol. The number of H-pyrrole nitrogens is 2. The number of nitrogens with two attached hydrogens (primary N) is 5. The first-order valence-electron chi connectivity index (χ1n) is 25.9. The zero-order chi connectivity index (χ0) is 60.3. The van der Waals surface area contributed by atoms with Gasteiger partial charge in [0.1, 0.15) is 48.3 Å². The van der Waals surface area contributed by atoms with E-state index in [0.29, 0.717) is 16.8 Å². The summed E-state index contributed by atoms with van der Waals surface area (Å²) in [6, 6.07) is 4.42. The lowest BCUT2D eigenvalue weighted by atomic mass is 10.0. The van der Waals surface area contributed by atoms with E-state index in [4.69, 9.17) is 28.7 Å². The van der Waals surface area contributed by atoms with Crippen LogP contribution in [0.15, 0.2) is 83.3 Å². The van der Waals surface area contributed by atoms with E-state index in [1.54, 1.807) is 42.6 Å². The van der Waals surface area contributed by atoms with Gasteiger partial charge in [0.25, 0.3) is 0 Å². The van der Waals surface area contributed by atoms with Gasteiger partial charge >= 0.3 is 5.97 Å². The summed E-state index contributed by atoms with van der Waals surface area (Å²) in [5.74, 6) is -9.97. The van der Waals surface area contributed by atoms with Gasteiger partial charge in [-0.05, 0) is 49.3 Å². The molecule has 21 N–H and O–H groups in total. The Bertz CT molecular complexity index is 2880. The number of carbonyl (C=O) groups is 10. The first kappa shape index (κ1) is 65.6. The maximum atomic E-state index is 14.7. The molecule has 0 saturated heterocycles. The highest BCUT2D eigenvalue weighted by atomic mass is 32.1. The van der Waals surface area contributed by atoms with Gasteiger partial charge in [-0.1, -0.05) is 48.5 Å². The summed E-state index contributed by atoms with van der Waals surface area (Å²) < 4.78 is 0. The molecule has 31 heteroatoms. The number of rotatable bonds is 35. The van der Waals surface area contributed by atoms with Crippen molar-refractivity contribution in [1.82, 2.24) is 57.5 Å². The summed E-state index contributed by atoms with van der Waals surface area (Å²) in [4.78, 5) is 153. The third kappa shape index (κ3) is 22.3. The number of carbonyl (C=O) groups excluding carboxylic acids is 9. The lowest BCUT2D eigenvalue weighted by Crippen LogP contribution is -2.61. The van der Waals surface area contributed by atoms with E-state index in [0.717, 1.165) is 10.9 Å². The zero-order valence-corrected chi connectivity index (χ0v) is 46.7. The molecule has 2 aromatic heterocycles. The number of para-hydroxylation sites is 1. The molecule has 9 amide bonds. The van der Waals surface area contributed by atoms with Crippen molar-refractivity contribution in [3.8, 4) is 0 Å². The molecule has 4 rings (SSSR count). The van der Waals surface area contributed by atoms with Gasteiger partial charge in [-0.15, -0.1) is 0 Å². The Morgan fingerprint density at radius 3 is 1.50 bits per heavy atom. The van der Waals surface area contributed by atoms with Crippen LogP contribution in [0.4, 0.5) is 0 Å². The van der Waals surface area contributed by atoms with Crippen LogP contribution < -0.4 is 71.2 Å². The van der Waals surface area contributed by atoms with Crippen LogP contribution in [0.25, 0.3) is 10.9 Å². The Morgan fingerprint density at radius 1 is 0.549 bits per heavy atom. The second-order valence-corrected chi connectivity index (χ2v) is 19.5. The van der Waals surface area contributed by atoms with Crippen molar-refractivity contribution in [2.75, 3.05) is 24.6 Å². The van der Waals surface area contributed by atoms with Gasteiger partial charge in [-0.25, -0.2) is 4.98 Å². The maximum Gasteiger partial charge on any atom is 0.303 e. The zero-order valence-electron chi connectivity index (χ0n) is 44.9. The number of nitrogens with one attached hydrogen (secondary N) is 10. The minimum atomic E-state index is -1.64. The van der Waals surface area contributed by atoms with Gasteiger partial charge in [0.2, 0.25) is 53.2 Å². The van der Waals surface area contributed by atoms with Crippen molar-refractivity contribution < 1.29 is 53.1 Å². The first-order chi connectivity index (χ1) is 39.1. The lowest BCUT2D eigenvalue weighted by Gasteiger charge is -2.28. The van der Waals surface area contributed by atoms with Crippen molar-refractivity contribution in [2.45, 2.75) is 113 Å². The van der Waals surface area contributed by atoms with E-state index in [1.807, 2.05) is 18.2 Å². The molecular formula is C51H72N18O11S2. The summed E-state index contributed by atoms with van der Waals surface area (Å²) in [5.41, 5.74) is 29.7. The van der Waals surface area contributed by atoms with Crippen LogP contribution in [-0.4, -0.2) is 164 Å². The van der Waals surface area contributed by atoms with Gasteiger partial charge < -0.3 is 86.3 Å². The summed E-state index contributed by atoms with van der Waals surface area (Å²) >= 11 is 8.35. The molecule has 82 heavy (non-hydrogen) atoms. The number of thiol groups is 2. The van der Waals surface area contributed by atoms with E-state index >= 15 is 0 Å². The standard InChI is InChI=1S/C51H72N18O11S2/c1-27(70)62-33(13-7-17-58-50(53)54)43(74)69-40(25-82)49(80)64-35(15-16-41(71)72)45(76)67-38(21-30-23-57-26-61-30)48(79)65-36(19-28-9-3-2-4-10-28)46(77)63-34(14-8-18-59-51(55)56)44(75)66-37(47(78)68-39(24-81)42(52)73)20-29-22-60-32-12-6-5-11-31(29)32/h2-6,9-12,22-23,26,33-40,60,81-82H,7-8,13-21,24-25H2,1H3,(H2,52,73)(H,57,61)(H,62,70)(H,63,77)(H,64,80)(H,65,79)(H,66,75)(H,67,76)(H,68,78)(H,69,74)(H,71,72)(H4,53,54,58)(H4,55,56,59)/t33-,34-,35-,36+,37-,38-,39-,40-/m0/s1. The molecular weight excluding hydrogens is 1100 g/mol. The topological polar surface area (TPSA) is 486 Å². The number of aliphatic carboxylic acids is 1. The first-order valence-corrected chi connectivity index (χ1v) is 27.1. The molecule has 2 aromatic carbocycles. The number of aromatic amines is 2. The SMILES string of the molecule is CC(=O)N[C@@H](CCCN=C(N)N)C(=O)N[C@@H](CS)C(=O)N[C@@H](CCC(=O)O)C(=O)N[C@@H](Cc1cnc[nH]1)C(=O)N[C@H](Cc1ccccc1)C(=O)N[C@@H](CCCN=C(N)N)C(=O)N[C@@H](Cc1c[nH]c2ccccc12)C(=O)N[C@@H](CS)C(N)=O. The molecule has 444 valence electrons. The molecule has 0 radical (unpaired) electrons. The van der Waals surface area contributed by atoms with Crippen molar-refractivity contribution >= 4 is 107 Å². The Hall–Kier alpha value is -8.87. The lowest BCUT2D eigenvalue weighted by molar-refractivity contribution is -0.138. The van der Waals surface area contributed by atoms with Gasteiger partial charge in [0.05, 0.1) is 6.33 Å². The molecule has 0 saturated carbocycles. The fourth-order valence-electron chi connectivity index (χ4n) is 8.25. The quantitative estimate of drug-likeness (QED) is 0.00907. The summed E-state index contributed by atoms with van der Waals surface area (Å²) in [6.07, 6.45) is 2.94. The van der Waals surface area contributed by atoms with Crippen molar-refractivity contribution in [1.29, 1.82) is 0 Å². The number of amides is 9. The van der Waals surface area contributed by atoms with Crippen molar-refractivity contribution in [3.63, 3.8) is 0 Å². The van der Waals surface area contributed by atoms with Crippen LogP contribution in [0.1, 0.15) is 62.3 Å². The minimum Gasteiger partial charge on any atom is -0.481 e. The van der Waals surface area contributed by atoms with Crippen LogP contribution in [-0.2, 0) is 67.2 Å². The van der Waals surface area contributed by atoms with E-state index in [-0.39, 0.29) is 81.5 Å². The molecule has 2 heterocycles. The fraction of sp³-hybridized carbons (Fsp3) is 0.431.